The number of anilines is 2. The van der Waals surface area contributed by atoms with Crippen molar-refractivity contribution in [2.24, 2.45) is 10.2 Å². The number of hydrogen-bond acceptors (Lipinski definition) is 6. The van der Waals surface area contributed by atoms with E-state index >= 15 is 0 Å². The summed E-state index contributed by atoms with van der Waals surface area (Å²) in [6.07, 6.45) is 1.37. The Kier molecular flexibility index (Phi) is 6.69. The van der Waals surface area contributed by atoms with Crippen LogP contribution in [0.1, 0.15) is 13.8 Å². The minimum Gasteiger partial charge on any atom is -0.340 e. The summed E-state index contributed by atoms with van der Waals surface area (Å²) in [7, 11) is -3.51. The average molecular weight is 410 g/mol. The maximum Gasteiger partial charge on any atom is 0.244 e. The van der Waals surface area contributed by atoms with Crippen LogP contribution in [0.2, 0.25) is 0 Å². The monoisotopic (exact) mass is 409 g/mol. The molecular formula is C21H23N5O2S. The highest BCUT2D eigenvalue weighted by atomic mass is 32.2. The number of azo groups is 1. The van der Waals surface area contributed by atoms with Crippen molar-refractivity contribution in [1.82, 2.24) is 9.29 Å². The predicted molar refractivity (Wildman–Crippen MR) is 115 cm³/mol. The molecule has 0 atom stereocenters. The van der Waals surface area contributed by atoms with Crippen molar-refractivity contribution in [3.8, 4) is 0 Å². The lowest BCUT2D eigenvalue weighted by atomic mass is 10.3. The van der Waals surface area contributed by atoms with E-state index in [0.29, 0.717) is 18.9 Å². The van der Waals surface area contributed by atoms with Gasteiger partial charge in [0.05, 0.1) is 11.4 Å². The quantitative estimate of drug-likeness (QED) is 0.513. The third kappa shape index (κ3) is 5.24. The number of rotatable bonds is 8. The number of aromatic nitrogens is 1. The van der Waals surface area contributed by atoms with Gasteiger partial charge in [-0.05, 0) is 48.5 Å². The first-order valence-electron chi connectivity index (χ1n) is 9.33. The zero-order valence-corrected chi connectivity index (χ0v) is 17.2. The summed E-state index contributed by atoms with van der Waals surface area (Å²) in [4.78, 5) is 4.41. The van der Waals surface area contributed by atoms with Crippen LogP contribution in [0.5, 0.6) is 0 Å². The fraction of sp³-hybridized carbons (Fsp3) is 0.190. The summed E-state index contributed by atoms with van der Waals surface area (Å²) >= 11 is 0. The topological polar surface area (TPSA) is 87.0 Å². The van der Waals surface area contributed by atoms with E-state index in [0.717, 1.165) is 17.1 Å². The summed E-state index contributed by atoms with van der Waals surface area (Å²) < 4.78 is 26.4. The third-order valence-corrected chi connectivity index (χ3v) is 6.29. The molecule has 0 aliphatic carbocycles. The lowest BCUT2D eigenvalue weighted by molar-refractivity contribution is 0.445. The lowest BCUT2D eigenvalue weighted by Gasteiger charge is -2.18. The first kappa shape index (κ1) is 20.6. The Bertz CT molecular complexity index is 1050. The van der Waals surface area contributed by atoms with Crippen LogP contribution >= 0.6 is 0 Å². The molecular weight excluding hydrogens is 386 g/mol. The molecule has 1 N–H and O–H groups in total. The van der Waals surface area contributed by atoms with Crippen LogP contribution in [0.3, 0.4) is 0 Å². The highest BCUT2D eigenvalue weighted by molar-refractivity contribution is 7.89. The molecule has 29 heavy (non-hydrogen) atoms. The van der Waals surface area contributed by atoms with E-state index in [4.69, 9.17) is 0 Å². The van der Waals surface area contributed by atoms with E-state index in [1.807, 2.05) is 68.4 Å². The Morgan fingerprint density at radius 2 is 1.48 bits per heavy atom. The van der Waals surface area contributed by atoms with Crippen LogP contribution in [-0.2, 0) is 10.0 Å². The molecule has 150 valence electrons. The van der Waals surface area contributed by atoms with Gasteiger partial charge < -0.3 is 5.32 Å². The summed E-state index contributed by atoms with van der Waals surface area (Å²) in [5.74, 6) is 0.558. The average Bonchev–Trinajstić information content (AvgIpc) is 2.75. The second kappa shape index (κ2) is 9.40. The minimum atomic E-state index is -3.51. The van der Waals surface area contributed by atoms with Gasteiger partial charge in [-0.15, -0.1) is 0 Å². The summed E-state index contributed by atoms with van der Waals surface area (Å²) in [6, 6.07) is 20.1. The zero-order chi connectivity index (χ0) is 20.7. The standard InChI is InChI=1S/C21H23N5O2S/c1-3-26(4-2)29(27,28)20-14-15-21(22-16-20)23-17-10-12-19(13-11-17)25-24-18-8-6-5-7-9-18/h5-16H,3-4H2,1-2H3,(H,22,23). The van der Waals surface area contributed by atoms with Crippen LogP contribution in [0.4, 0.5) is 22.9 Å². The fourth-order valence-electron chi connectivity index (χ4n) is 2.69. The van der Waals surface area contributed by atoms with Crippen molar-refractivity contribution >= 4 is 32.9 Å². The molecule has 0 saturated carbocycles. The molecule has 7 nitrogen and oxygen atoms in total. The molecule has 0 amide bonds. The van der Waals surface area contributed by atoms with Crippen LogP contribution in [0.25, 0.3) is 0 Å². The maximum atomic E-state index is 12.5. The Labute approximate surface area is 171 Å². The Morgan fingerprint density at radius 3 is 2.03 bits per heavy atom. The third-order valence-electron chi connectivity index (χ3n) is 4.26. The lowest BCUT2D eigenvalue weighted by Crippen LogP contribution is -2.30. The molecule has 3 aromatic rings. The minimum absolute atomic E-state index is 0.184. The van der Waals surface area contributed by atoms with Crippen molar-refractivity contribution in [2.45, 2.75) is 18.7 Å². The van der Waals surface area contributed by atoms with Crippen LogP contribution in [0, 0.1) is 0 Å². The Hall–Kier alpha value is -3.10. The van der Waals surface area contributed by atoms with E-state index < -0.39 is 10.0 Å². The molecule has 1 aromatic heterocycles. The van der Waals surface area contributed by atoms with Gasteiger partial charge in [0.2, 0.25) is 10.0 Å². The highest BCUT2D eigenvalue weighted by Crippen LogP contribution is 2.22. The van der Waals surface area contributed by atoms with Gasteiger partial charge in [0.25, 0.3) is 0 Å². The van der Waals surface area contributed by atoms with Gasteiger partial charge in [-0.2, -0.15) is 14.5 Å². The first-order valence-corrected chi connectivity index (χ1v) is 10.8. The van der Waals surface area contributed by atoms with Crippen LogP contribution in [0.15, 0.2) is 88.1 Å². The summed E-state index contributed by atoms with van der Waals surface area (Å²) in [5, 5.41) is 11.5. The van der Waals surface area contributed by atoms with E-state index in [2.05, 4.69) is 20.5 Å². The predicted octanol–water partition coefficient (Wildman–Crippen LogP) is 5.27. The maximum absolute atomic E-state index is 12.5. The number of nitrogens with zero attached hydrogens (tertiary/aromatic N) is 4. The number of nitrogens with one attached hydrogen (secondary N) is 1. The number of pyridine rings is 1. The second-order valence-electron chi connectivity index (χ2n) is 6.18. The SMILES string of the molecule is CCN(CC)S(=O)(=O)c1ccc(Nc2ccc(N=Nc3ccccc3)cc2)nc1. The van der Waals surface area contributed by atoms with E-state index in [1.54, 1.807) is 12.1 Å². The van der Waals surface area contributed by atoms with E-state index in [1.165, 1.54) is 10.5 Å². The van der Waals surface area contributed by atoms with Crippen LogP contribution in [-0.4, -0.2) is 30.8 Å². The molecule has 0 fully saturated rings. The summed E-state index contributed by atoms with van der Waals surface area (Å²) in [5.41, 5.74) is 2.34. The van der Waals surface area contributed by atoms with Crippen molar-refractivity contribution in [3.05, 3.63) is 72.9 Å². The first-order chi connectivity index (χ1) is 14.0. The summed E-state index contributed by atoms with van der Waals surface area (Å²) in [6.45, 7) is 4.47. The number of sulfonamides is 1. The largest absolute Gasteiger partial charge is 0.340 e. The van der Waals surface area contributed by atoms with Crippen LogP contribution < -0.4 is 5.32 Å². The van der Waals surface area contributed by atoms with Crippen molar-refractivity contribution in [1.29, 1.82) is 0 Å². The van der Waals surface area contributed by atoms with Gasteiger partial charge in [0, 0.05) is 25.0 Å². The van der Waals surface area contributed by atoms with E-state index in [9.17, 15) is 8.42 Å². The van der Waals surface area contributed by atoms with Gasteiger partial charge >= 0.3 is 0 Å². The van der Waals surface area contributed by atoms with Crippen molar-refractivity contribution in [3.63, 3.8) is 0 Å². The molecule has 2 aromatic carbocycles. The molecule has 8 heteroatoms. The Balaban J connectivity index is 1.67. The van der Waals surface area contributed by atoms with Gasteiger partial charge in [-0.25, -0.2) is 13.4 Å². The molecule has 0 aliphatic rings. The highest BCUT2D eigenvalue weighted by Gasteiger charge is 2.21. The zero-order valence-electron chi connectivity index (χ0n) is 16.4. The molecule has 0 radical (unpaired) electrons. The van der Waals surface area contributed by atoms with Gasteiger partial charge in [0.1, 0.15) is 10.7 Å². The number of benzene rings is 2. The molecule has 0 bridgehead atoms. The van der Waals surface area contributed by atoms with Gasteiger partial charge in [0.15, 0.2) is 0 Å². The number of hydrogen-bond donors (Lipinski definition) is 1. The Morgan fingerprint density at radius 1 is 0.862 bits per heavy atom. The normalized spacial score (nSPS) is 11.8. The molecule has 3 rings (SSSR count). The van der Waals surface area contributed by atoms with Crippen molar-refractivity contribution in [2.75, 3.05) is 18.4 Å². The van der Waals surface area contributed by atoms with Gasteiger partial charge in [-0.1, -0.05) is 32.0 Å². The molecule has 1 heterocycles. The van der Waals surface area contributed by atoms with E-state index in [-0.39, 0.29) is 4.90 Å². The molecule has 0 aliphatic heterocycles. The molecule has 0 saturated heterocycles. The van der Waals surface area contributed by atoms with Gasteiger partial charge in [-0.3, -0.25) is 0 Å². The molecule has 0 spiro atoms. The smallest absolute Gasteiger partial charge is 0.244 e. The van der Waals surface area contributed by atoms with Crippen molar-refractivity contribution < 1.29 is 8.42 Å². The fourth-order valence-corrected chi connectivity index (χ4v) is 4.09. The molecule has 0 unspecified atom stereocenters. The second-order valence-corrected chi connectivity index (χ2v) is 8.11.